The molecule has 0 unspecified atom stereocenters. The van der Waals surface area contributed by atoms with Gasteiger partial charge in [0.15, 0.2) is 6.10 Å². The number of esters is 1. The molecule has 0 aliphatic heterocycles. The van der Waals surface area contributed by atoms with Crippen molar-refractivity contribution in [2.45, 2.75) is 39.9 Å². The van der Waals surface area contributed by atoms with Crippen molar-refractivity contribution in [1.82, 2.24) is 0 Å². The average Bonchev–Trinajstić information content (AvgIpc) is 2.76. The van der Waals surface area contributed by atoms with Gasteiger partial charge in [-0.25, -0.2) is 0 Å². The van der Waals surface area contributed by atoms with E-state index < -0.39 is 12.1 Å². The van der Waals surface area contributed by atoms with E-state index in [0.29, 0.717) is 18.0 Å². The first kappa shape index (κ1) is 22.1. The van der Waals surface area contributed by atoms with Gasteiger partial charge in [-0.3, -0.25) is 9.59 Å². The Hall–Kier alpha value is -3.60. The molecule has 1 N–H and O–H groups in total. The summed E-state index contributed by atoms with van der Waals surface area (Å²) in [6.07, 6.45) is -0.764. The zero-order valence-electron chi connectivity index (χ0n) is 18.1. The molecule has 3 aromatic rings. The Bertz CT molecular complexity index is 1030. The van der Waals surface area contributed by atoms with Gasteiger partial charge in [0, 0.05) is 5.69 Å². The molecular formula is C26H27NO4. The highest BCUT2D eigenvalue weighted by Gasteiger charge is 2.18. The monoisotopic (exact) mass is 417 g/mol. The van der Waals surface area contributed by atoms with Crippen LogP contribution in [0.5, 0.6) is 5.75 Å². The van der Waals surface area contributed by atoms with E-state index in [0.717, 1.165) is 16.7 Å². The molecule has 0 aliphatic carbocycles. The van der Waals surface area contributed by atoms with Gasteiger partial charge in [0.05, 0.1) is 6.42 Å². The highest BCUT2D eigenvalue weighted by Crippen LogP contribution is 2.18. The molecular weight excluding hydrogens is 390 g/mol. The van der Waals surface area contributed by atoms with Crippen LogP contribution in [0.15, 0.2) is 72.8 Å². The quantitative estimate of drug-likeness (QED) is 0.524. The molecule has 0 saturated heterocycles. The van der Waals surface area contributed by atoms with Gasteiger partial charge < -0.3 is 14.8 Å². The van der Waals surface area contributed by atoms with Gasteiger partial charge in [0.2, 0.25) is 0 Å². The summed E-state index contributed by atoms with van der Waals surface area (Å²) in [5.41, 5.74) is 4.84. The maximum Gasteiger partial charge on any atom is 0.311 e. The Morgan fingerprint density at radius 2 is 1.58 bits per heavy atom. The van der Waals surface area contributed by atoms with E-state index in [-0.39, 0.29) is 12.3 Å². The molecule has 0 radical (unpaired) electrons. The lowest BCUT2D eigenvalue weighted by Gasteiger charge is -2.14. The minimum atomic E-state index is -0.895. The molecule has 0 bridgehead atoms. The molecule has 31 heavy (non-hydrogen) atoms. The summed E-state index contributed by atoms with van der Waals surface area (Å²) in [6.45, 7) is 6.05. The summed E-state index contributed by atoms with van der Waals surface area (Å²) in [6, 6.07) is 22.8. The second-order valence-corrected chi connectivity index (χ2v) is 7.52. The number of nitrogens with one attached hydrogen (secondary N) is 1. The number of anilines is 1. The highest BCUT2D eigenvalue weighted by atomic mass is 16.5. The number of aryl methyl sites for hydroxylation is 2. The molecule has 0 aromatic heterocycles. The molecule has 160 valence electrons. The molecule has 0 heterocycles. The van der Waals surface area contributed by atoms with Crippen LogP contribution in [0.25, 0.3) is 0 Å². The van der Waals surface area contributed by atoms with Crippen LogP contribution in [-0.2, 0) is 27.4 Å². The first-order valence-corrected chi connectivity index (χ1v) is 10.2. The summed E-state index contributed by atoms with van der Waals surface area (Å²) in [7, 11) is 0. The van der Waals surface area contributed by atoms with Crippen molar-refractivity contribution in [3.8, 4) is 5.75 Å². The molecule has 0 spiro atoms. The number of carbonyl (C=O) groups excluding carboxylic acids is 2. The third-order valence-electron chi connectivity index (χ3n) is 4.97. The minimum Gasteiger partial charge on any atom is -0.489 e. The molecule has 3 aromatic carbocycles. The van der Waals surface area contributed by atoms with E-state index in [1.165, 1.54) is 5.56 Å². The summed E-state index contributed by atoms with van der Waals surface area (Å²) in [5, 5.41) is 2.76. The number of rotatable bonds is 8. The molecule has 3 rings (SSSR count). The molecule has 5 nitrogen and oxygen atoms in total. The first-order valence-electron chi connectivity index (χ1n) is 10.2. The van der Waals surface area contributed by atoms with E-state index in [1.54, 1.807) is 31.2 Å². The third-order valence-corrected chi connectivity index (χ3v) is 4.97. The van der Waals surface area contributed by atoms with Crippen LogP contribution in [0, 0.1) is 13.8 Å². The minimum absolute atomic E-state index is 0.131. The predicted octanol–water partition coefficient (Wildman–Crippen LogP) is 5.00. The number of amides is 1. The number of hydrogen-bond donors (Lipinski definition) is 1. The van der Waals surface area contributed by atoms with Gasteiger partial charge in [0.25, 0.3) is 5.91 Å². The summed E-state index contributed by atoms with van der Waals surface area (Å²) < 4.78 is 11.0. The second-order valence-electron chi connectivity index (χ2n) is 7.52. The molecule has 0 fully saturated rings. The Balaban J connectivity index is 1.47. The fourth-order valence-electron chi connectivity index (χ4n) is 2.99. The van der Waals surface area contributed by atoms with Crippen molar-refractivity contribution in [3.05, 3.63) is 95.1 Å². The van der Waals surface area contributed by atoms with Crippen LogP contribution in [0.1, 0.15) is 29.2 Å². The molecule has 0 aliphatic rings. The lowest BCUT2D eigenvalue weighted by molar-refractivity contribution is -0.152. The second kappa shape index (κ2) is 10.4. The van der Waals surface area contributed by atoms with Crippen LogP contribution >= 0.6 is 0 Å². The van der Waals surface area contributed by atoms with Crippen molar-refractivity contribution in [3.63, 3.8) is 0 Å². The normalized spacial score (nSPS) is 11.5. The average molecular weight is 418 g/mol. The van der Waals surface area contributed by atoms with E-state index in [9.17, 15) is 9.59 Å². The number of hydrogen-bond acceptors (Lipinski definition) is 4. The summed E-state index contributed by atoms with van der Waals surface area (Å²) in [5.74, 6) is -0.114. The largest absolute Gasteiger partial charge is 0.489 e. The molecule has 0 saturated carbocycles. The Kier molecular flexibility index (Phi) is 7.44. The molecule has 1 atom stereocenters. The number of benzene rings is 3. The van der Waals surface area contributed by atoms with Crippen molar-refractivity contribution >= 4 is 17.6 Å². The fourth-order valence-corrected chi connectivity index (χ4v) is 2.99. The van der Waals surface area contributed by atoms with E-state index in [2.05, 4.69) is 5.32 Å². The zero-order valence-corrected chi connectivity index (χ0v) is 18.1. The van der Waals surface area contributed by atoms with Crippen molar-refractivity contribution in [2.24, 2.45) is 0 Å². The first-order chi connectivity index (χ1) is 14.9. The van der Waals surface area contributed by atoms with Gasteiger partial charge in [-0.15, -0.1) is 0 Å². The maximum atomic E-state index is 12.4. The Morgan fingerprint density at radius 1 is 0.871 bits per heavy atom. The zero-order chi connectivity index (χ0) is 22.2. The Morgan fingerprint density at radius 3 is 2.26 bits per heavy atom. The van der Waals surface area contributed by atoms with Crippen molar-refractivity contribution < 1.29 is 19.1 Å². The van der Waals surface area contributed by atoms with Crippen molar-refractivity contribution in [2.75, 3.05) is 5.32 Å². The van der Waals surface area contributed by atoms with Crippen LogP contribution in [0.4, 0.5) is 5.69 Å². The highest BCUT2D eigenvalue weighted by molar-refractivity contribution is 5.95. The maximum absolute atomic E-state index is 12.4. The van der Waals surface area contributed by atoms with E-state index >= 15 is 0 Å². The molecule has 5 heteroatoms. The van der Waals surface area contributed by atoms with Gasteiger partial charge in [-0.2, -0.15) is 0 Å². The van der Waals surface area contributed by atoms with E-state index in [4.69, 9.17) is 9.47 Å². The third kappa shape index (κ3) is 6.71. The standard InChI is InChI=1S/C26H27NO4/c1-18-9-10-22(15-19(18)2)16-25(28)31-20(3)26(29)27-23-11-13-24(14-12-23)30-17-21-7-5-4-6-8-21/h4-15,20H,16-17H2,1-3H3,(H,27,29)/t20-/m1/s1. The fraction of sp³-hybridized carbons (Fsp3) is 0.231. The van der Waals surface area contributed by atoms with Crippen LogP contribution in [0.2, 0.25) is 0 Å². The number of carbonyl (C=O) groups is 2. The summed E-state index contributed by atoms with van der Waals surface area (Å²) >= 11 is 0. The van der Waals surface area contributed by atoms with Gasteiger partial charge >= 0.3 is 5.97 Å². The lowest BCUT2D eigenvalue weighted by atomic mass is 10.0. The van der Waals surface area contributed by atoms with E-state index in [1.807, 2.05) is 62.4 Å². The molecule has 1 amide bonds. The Labute approximate surface area is 183 Å². The van der Waals surface area contributed by atoms with Gasteiger partial charge in [-0.05, 0) is 67.3 Å². The lowest BCUT2D eigenvalue weighted by Crippen LogP contribution is -2.30. The van der Waals surface area contributed by atoms with Crippen LogP contribution in [0.3, 0.4) is 0 Å². The smallest absolute Gasteiger partial charge is 0.311 e. The van der Waals surface area contributed by atoms with Crippen molar-refractivity contribution in [1.29, 1.82) is 0 Å². The van der Waals surface area contributed by atoms with Crippen LogP contribution < -0.4 is 10.1 Å². The van der Waals surface area contributed by atoms with Gasteiger partial charge in [-0.1, -0.05) is 48.5 Å². The SMILES string of the molecule is Cc1ccc(CC(=O)O[C@H](C)C(=O)Nc2ccc(OCc3ccccc3)cc2)cc1C. The predicted molar refractivity (Wildman–Crippen MR) is 121 cm³/mol. The summed E-state index contributed by atoms with van der Waals surface area (Å²) in [4.78, 5) is 24.6. The van der Waals surface area contributed by atoms with Gasteiger partial charge in [0.1, 0.15) is 12.4 Å². The van der Waals surface area contributed by atoms with Crippen LogP contribution in [-0.4, -0.2) is 18.0 Å². The number of ether oxygens (including phenoxy) is 2. The topological polar surface area (TPSA) is 64.6 Å².